The smallest absolute Gasteiger partial charge is 0.240 e. The first kappa shape index (κ1) is 13.9. The summed E-state index contributed by atoms with van der Waals surface area (Å²) < 4.78 is 39.2. The number of rotatable bonds is 5. The fourth-order valence-electron chi connectivity index (χ4n) is 1.45. The van der Waals surface area contributed by atoms with Crippen LogP contribution in [0.25, 0.3) is 0 Å². The summed E-state index contributed by atoms with van der Waals surface area (Å²) in [7, 11) is -3.67. The molecule has 1 aromatic carbocycles. The zero-order chi connectivity index (χ0) is 13.9. The second-order valence-electron chi connectivity index (χ2n) is 3.81. The molecule has 3 N–H and O–H groups in total. The van der Waals surface area contributed by atoms with E-state index in [1.807, 2.05) is 5.38 Å². The third-order valence-corrected chi connectivity index (χ3v) is 4.53. The summed E-state index contributed by atoms with van der Waals surface area (Å²) in [6, 6.07) is 3.31. The molecule has 0 bridgehead atoms. The molecule has 0 aliphatic carbocycles. The van der Waals surface area contributed by atoms with Crippen molar-refractivity contribution in [1.29, 1.82) is 0 Å². The highest BCUT2D eigenvalue weighted by Crippen LogP contribution is 2.16. The van der Waals surface area contributed by atoms with Gasteiger partial charge in [0.25, 0.3) is 0 Å². The van der Waals surface area contributed by atoms with Crippen LogP contribution in [0.2, 0.25) is 0 Å². The number of hydrogen-bond donors (Lipinski definition) is 2. The van der Waals surface area contributed by atoms with Crippen LogP contribution >= 0.6 is 11.3 Å². The Hall–Kier alpha value is -1.51. The van der Waals surface area contributed by atoms with Crippen LogP contribution in [0.5, 0.6) is 0 Å². The molecule has 0 aliphatic rings. The minimum absolute atomic E-state index is 0.0512. The lowest BCUT2D eigenvalue weighted by molar-refractivity contribution is 0.580. The Balaban J connectivity index is 2.03. The fraction of sp³-hybridized carbons (Fsp3) is 0.182. The molecule has 0 radical (unpaired) electrons. The van der Waals surface area contributed by atoms with E-state index in [0.29, 0.717) is 6.42 Å². The fourth-order valence-corrected chi connectivity index (χ4v) is 3.11. The summed E-state index contributed by atoms with van der Waals surface area (Å²) in [6.45, 7) is 0.226. The Bertz CT molecular complexity index is 657. The molecule has 5 nitrogen and oxygen atoms in total. The second kappa shape index (κ2) is 5.64. The van der Waals surface area contributed by atoms with E-state index < -0.39 is 15.8 Å². The summed E-state index contributed by atoms with van der Waals surface area (Å²) in [5.74, 6) is -0.638. The van der Waals surface area contributed by atoms with Gasteiger partial charge in [-0.05, 0) is 18.2 Å². The number of nitrogens with two attached hydrogens (primary N) is 1. The molecular formula is C11H12FN3O2S2. The van der Waals surface area contributed by atoms with Crippen LogP contribution in [0, 0.1) is 5.82 Å². The summed E-state index contributed by atoms with van der Waals surface area (Å²) in [6.07, 6.45) is 0.499. The van der Waals surface area contributed by atoms with Crippen LogP contribution in [-0.4, -0.2) is 19.9 Å². The maximum atomic E-state index is 13.0. The number of benzene rings is 1. The number of aromatic nitrogens is 1. The molecular weight excluding hydrogens is 289 g/mol. The van der Waals surface area contributed by atoms with Gasteiger partial charge in [-0.2, -0.15) is 0 Å². The summed E-state index contributed by atoms with van der Waals surface area (Å²) in [5.41, 5.74) is 7.67. The normalized spacial score (nSPS) is 11.6. The Kier molecular flexibility index (Phi) is 4.13. The van der Waals surface area contributed by atoms with Crippen LogP contribution in [-0.2, 0) is 16.4 Å². The van der Waals surface area contributed by atoms with Crippen LogP contribution in [0.1, 0.15) is 5.69 Å². The van der Waals surface area contributed by atoms with Crippen molar-refractivity contribution >= 4 is 27.0 Å². The summed E-state index contributed by atoms with van der Waals surface area (Å²) >= 11 is 1.45. The van der Waals surface area contributed by atoms with Gasteiger partial charge in [-0.3, -0.25) is 0 Å². The zero-order valence-corrected chi connectivity index (χ0v) is 11.5. The standard InChI is InChI=1S/C11H12FN3O2S2/c12-10-2-1-9(5-11(10)13)19(16,17)15-4-3-8-6-18-7-14-8/h1-2,5-7,15H,3-4,13H2. The third-order valence-electron chi connectivity index (χ3n) is 2.43. The van der Waals surface area contributed by atoms with E-state index >= 15 is 0 Å². The van der Waals surface area contributed by atoms with Crippen molar-refractivity contribution in [2.24, 2.45) is 0 Å². The molecule has 0 amide bonds. The van der Waals surface area contributed by atoms with E-state index in [9.17, 15) is 12.8 Å². The molecule has 0 atom stereocenters. The highest BCUT2D eigenvalue weighted by atomic mass is 32.2. The molecule has 1 aromatic heterocycles. The molecule has 0 saturated heterocycles. The van der Waals surface area contributed by atoms with Gasteiger partial charge >= 0.3 is 0 Å². The van der Waals surface area contributed by atoms with E-state index in [4.69, 9.17) is 5.73 Å². The largest absolute Gasteiger partial charge is 0.396 e. The number of thiazole rings is 1. The van der Waals surface area contributed by atoms with E-state index in [1.165, 1.54) is 17.4 Å². The van der Waals surface area contributed by atoms with Gasteiger partial charge in [-0.15, -0.1) is 11.3 Å². The SMILES string of the molecule is Nc1cc(S(=O)(=O)NCCc2cscn2)ccc1F. The van der Waals surface area contributed by atoms with E-state index in [2.05, 4.69) is 9.71 Å². The van der Waals surface area contributed by atoms with Gasteiger partial charge < -0.3 is 5.73 Å². The number of halogens is 1. The van der Waals surface area contributed by atoms with Crippen molar-refractivity contribution in [3.63, 3.8) is 0 Å². The predicted octanol–water partition coefficient (Wildman–Crippen LogP) is 1.39. The summed E-state index contributed by atoms with van der Waals surface area (Å²) in [4.78, 5) is 4.00. The molecule has 0 aliphatic heterocycles. The number of anilines is 1. The lowest BCUT2D eigenvalue weighted by Crippen LogP contribution is -2.26. The van der Waals surface area contributed by atoms with E-state index in [-0.39, 0.29) is 17.1 Å². The molecule has 0 unspecified atom stereocenters. The average Bonchev–Trinajstić information content (AvgIpc) is 2.85. The first-order valence-corrected chi connectivity index (χ1v) is 7.83. The van der Waals surface area contributed by atoms with E-state index in [0.717, 1.165) is 17.8 Å². The van der Waals surface area contributed by atoms with Crippen molar-refractivity contribution in [2.45, 2.75) is 11.3 Å². The van der Waals surface area contributed by atoms with Gasteiger partial charge in [0.1, 0.15) is 5.82 Å². The molecule has 1 heterocycles. The highest BCUT2D eigenvalue weighted by molar-refractivity contribution is 7.89. The Labute approximate surface area is 114 Å². The molecule has 19 heavy (non-hydrogen) atoms. The van der Waals surface area contributed by atoms with Gasteiger partial charge in [0, 0.05) is 18.3 Å². The molecule has 0 spiro atoms. The van der Waals surface area contributed by atoms with Crippen LogP contribution < -0.4 is 10.5 Å². The molecule has 102 valence electrons. The van der Waals surface area contributed by atoms with Crippen molar-refractivity contribution in [1.82, 2.24) is 9.71 Å². The third kappa shape index (κ3) is 3.49. The van der Waals surface area contributed by atoms with E-state index in [1.54, 1.807) is 5.51 Å². The van der Waals surface area contributed by atoms with Gasteiger partial charge in [0.15, 0.2) is 0 Å². The van der Waals surface area contributed by atoms with Gasteiger partial charge in [-0.1, -0.05) is 0 Å². The van der Waals surface area contributed by atoms with Crippen LogP contribution in [0.3, 0.4) is 0 Å². The highest BCUT2D eigenvalue weighted by Gasteiger charge is 2.15. The lowest BCUT2D eigenvalue weighted by atomic mass is 10.3. The Morgan fingerprint density at radius 2 is 2.21 bits per heavy atom. The Morgan fingerprint density at radius 1 is 1.42 bits per heavy atom. The topological polar surface area (TPSA) is 85.1 Å². The zero-order valence-electron chi connectivity index (χ0n) is 9.84. The number of hydrogen-bond acceptors (Lipinski definition) is 5. The van der Waals surface area contributed by atoms with Gasteiger partial charge in [-0.25, -0.2) is 22.5 Å². The van der Waals surface area contributed by atoms with Crippen molar-refractivity contribution < 1.29 is 12.8 Å². The number of nitrogen functional groups attached to an aromatic ring is 1. The maximum absolute atomic E-state index is 13.0. The molecule has 2 rings (SSSR count). The first-order chi connectivity index (χ1) is 8.99. The van der Waals surface area contributed by atoms with Crippen molar-refractivity contribution in [2.75, 3.05) is 12.3 Å². The Morgan fingerprint density at radius 3 is 2.84 bits per heavy atom. The van der Waals surface area contributed by atoms with Crippen LogP contribution in [0.15, 0.2) is 34.0 Å². The van der Waals surface area contributed by atoms with Crippen molar-refractivity contribution in [3.8, 4) is 0 Å². The monoisotopic (exact) mass is 301 g/mol. The first-order valence-electron chi connectivity index (χ1n) is 5.41. The number of nitrogens with zero attached hydrogens (tertiary/aromatic N) is 1. The quantitative estimate of drug-likeness (QED) is 0.817. The predicted molar refractivity (Wildman–Crippen MR) is 71.8 cm³/mol. The number of sulfonamides is 1. The number of nitrogens with one attached hydrogen (secondary N) is 1. The minimum atomic E-state index is -3.67. The molecule has 0 saturated carbocycles. The summed E-state index contributed by atoms with van der Waals surface area (Å²) in [5, 5.41) is 1.85. The maximum Gasteiger partial charge on any atom is 0.240 e. The minimum Gasteiger partial charge on any atom is -0.396 e. The van der Waals surface area contributed by atoms with Gasteiger partial charge in [0.05, 0.1) is 21.8 Å². The average molecular weight is 301 g/mol. The molecule has 2 aromatic rings. The second-order valence-corrected chi connectivity index (χ2v) is 6.30. The van der Waals surface area contributed by atoms with Crippen molar-refractivity contribution in [3.05, 3.63) is 40.6 Å². The van der Waals surface area contributed by atoms with Gasteiger partial charge in [0.2, 0.25) is 10.0 Å². The van der Waals surface area contributed by atoms with Crippen LogP contribution in [0.4, 0.5) is 10.1 Å². The lowest BCUT2D eigenvalue weighted by Gasteiger charge is -2.07. The molecule has 0 fully saturated rings. The molecule has 8 heteroatoms.